The standard InChI is InChI=1S/C12H14N2O/c1-2-3-10-8-4-5-11-9(6-7-15-11)12(8)14-13-10/h6-7H,2-5H2,1H3,(H,13,14). The highest BCUT2D eigenvalue weighted by atomic mass is 16.3. The first-order valence-electron chi connectivity index (χ1n) is 5.53. The highest BCUT2D eigenvalue weighted by Crippen LogP contribution is 2.34. The topological polar surface area (TPSA) is 41.8 Å². The van der Waals surface area contributed by atoms with Crippen molar-refractivity contribution in [2.45, 2.75) is 32.6 Å². The molecule has 0 radical (unpaired) electrons. The van der Waals surface area contributed by atoms with Crippen LogP contribution in [0, 0.1) is 0 Å². The van der Waals surface area contributed by atoms with Crippen LogP contribution >= 0.6 is 0 Å². The number of aryl methyl sites for hydroxylation is 2. The lowest BCUT2D eigenvalue weighted by Crippen LogP contribution is -2.02. The van der Waals surface area contributed by atoms with Gasteiger partial charge in [0.2, 0.25) is 0 Å². The van der Waals surface area contributed by atoms with E-state index in [0.29, 0.717) is 0 Å². The summed E-state index contributed by atoms with van der Waals surface area (Å²) in [5.74, 6) is 1.08. The second kappa shape index (κ2) is 3.26. The summed E-state index contributed by atoms with van der Waals surface area (Å²) in [7, 11) is 0. The van der Waals surface area contributed by atoms with Gasteiger partial charge in [0.15, 0.2) is 0 Å². The highest BCUT2D eigenvalue weighted by molar-refractivity contribution is 5.68. The van der Waals surface area contributed by atoms with Gasteiger partial charge in [-0.3, -0.25) is 5.10 Å². The van der Waals surface area contributed by atoms with Gasteiger partial charge in [-0.05, 0) is 18.9 Å². The molecule has 0 saturated heterocycles. The van der Waals surface area contributed by atoms with Crippen molar-refractivity contribution in [2.75, 3.05) is 0 Å². The Labute approximate surface area is 88.5 Å². The molecule has 0 fully saturated rings. The first-order chi connectivity index (χ1) is 7.40. The number of H-pyrrole nitrogens is 1. The Morgan fingerprint density at radius 1 is 1.47 bits per heavy atom. The zero-order valence-electron chi connectivity index (χ0n) is 8.84. The van der Waals surface area contributed by atoms with Crippen LogP contribution in [0.5, 0.6) is 0 Å². The quantitative estimate of drug-likeness (QED) is 0.813. The van der Waals surface area contributed by atoms with E-state index in [9.17, 15) is 0 Å². The number of nitrogens with one attached hydrogen (secondary N) is 1. The first-order valence-corrected chi connectivity index (χ1v) is 5.53. The molecule has 15 heavy (non-hydrogen) atoms. The van der Waals surface area contributed by atoms with Gasteiger partial charge in [0.25, 0.3) is 0 Å². The summed E-state index contributed by atoms with van der Waals surface area (Å²) >= 11 is 0. The molecular weight excluding hydrogens is 188 g/mol. The van der Waals surface area contributed by atoms with Crippen LogP contribution in [0.2, 0.25) is 0 Å². The molecule has 1 N–H and O–H groups in total. The van der Waals surface area contributed by atoms with Gasteiger partial charge in [-0.15, -0.1) is 0 Å². The lowest BCUT2D eigenvalue weighted by Gasteiger charge is -2.10. The van der Waals surface area contributed by atoms with Gasteiger partial charge in [0.05, 0.1) is 12.0 Å². The number of hydrogen-bond acceptors (Lipinski definition) is 2. The van der Waals surface area contributed by atoms with E-state index in [2.05, 4.69) is 17.1 Å². The van der Waals surface area contributed by atoms with E-state index >= 15 is 0 Å². The van der Waals surface area contributed by atoms with Crippen LogP contribution in [-0.4, -0.2) is 10.2 Å². The normalized spacial score (nSPS) is 13.7. The molecule has 3 heteroatoms. The van der Waals surface area contributed by atoms with E-state index in [1.165, 1.54) is 16.8 Å². The monoisotopic (exact) mass is 202 g/mol. The van der Waals surface area contributed by atoms with Crippen LogP contribution in [0.3, 0.4) is 0 Å². The predicted molar refractivity (Wildman–Crippen MR) is 57.7 cm³/mol. The average molecular weight is 202 g/mol. The summed E-state index contributed by atoms with van der Waals surface area (Å²) in [5, 5.41) is 7.56. The largest absolute Gasteiger partial charge is 0.469 e. The fourth-order valence-electron chi connectivity index (χ4n) is 2.33. The van der Waals surface area contributed by atoms with E-state index in [0.717, 1.165) is 37.1 Å². The molecule has 3 rings (SSSR count). The van der Waals surface area contributed by atoms with Crippen molar-refractivity contribution < 1.29 is 4.42 Å². The van der Waals surface area contributed by atoms with Crippen molar-refractivity contribution in [1.29, 1.82) is 0 Å². The Hall–Kier alpha value is -1.51. The van der Waals surface area contributed by atoms with Crippen molar-refractivity contribution in [2.24, 2.45) is 0 Å². The fraction of sp³-hybridized carbons (Fsp3) is 0.417. The molecule has 0 aliphatic heterocycles. The Morgan fingerprint density at radius 2 is 2.40 bits per heavy atom. The van der Waals surface area contributed by atoms with Gasteiger partial charge in [-0.25, -0.2) is 0 Å². The molecule has 0 unspecified atom stereocenters. The van der Waals surface area contributed by atoms with Gasteiger partial charge in [0, 0.05) is 23.2 Å². The second-order valence-corrected chi connectivity index (χ2v) is 4.04. The molecular formula is C12H14N2O. The minimum atomic E-state index is 1.01. The van der Waals surface area contributed by atoms with E-state index in [1.807, 2.05) is 6.07 Å². The molecule has 0 amide bonds. The number of aromatic amines is 1. The third-order valence-corrected chi connectivity index (χ3v) is 3.06. The Kier molecular flexibility index (Phi) is 1.91. The molecule has 2 aromatic rings. The number of rotatable bonds is 2. The van der Waals surface area contributed by atoms with E-state index in [-0.39, 0.29) is 0 Å². The van der Waals surface area contributed by atoms with Crippen LogP contribution in [0.1, 0.15) is 30.4 Å². The van der Waals surface area contributed by atoms with Crippen LogP contribution in [0.15, 0.2) is 16.7 Å². The first kappa shape index (κ1) is 8.77. The smallest absolute Gasteiger partial charge is 0.113 e. The molecule has 0 atom stereocenters. The van der Waals surface area contributed by atoms with Crippen LogP contribution < -0.4 is 0 Å². The molecule has 0 aromatic carbocycles. The Morgan fingerprint density at radius 3 is 3.27 bits per heavy atom. The number of fused-ring (bicyclic) bond motifs is 3. The molecule has 0 spiro atoms. The van der Waals surface area contributed by atoms with Crippen molar-refractivity contribution in [1.82, 2.24) is 10.2 Å². The maximum Gasteiger partial charge on any atom is 0.113 e. The van der Waals surface area contributed by atoms with Crippen LogP contribution in [0.4, 0.5) is 0 Å². The molecule has 3 nitrogen and oxygen atoms in total. The molecule has 2 heterocycles. The lowest BCUT2D eigenvalue weighted by molar-refractivity contribution is 0.507. The summed E-state index contributed by atoms with van der Waals surface area (Å²) < 4.78 is 5.43. The lowest BCUT2D eigenvalue weighted by atomic mass is 9.93. The van der Waals surface area contributed by atoms with Gasteiger partial charge < -0.3 is 4.42 Å². The minimum absolute atomic E-state index is 1.01. The molecule has 1 aliphatic carbocycles. The molecule has 0 saturated carbocycles. The number of nitrogens with zero attached hydrogens (tertiary/aromatic N) is 1. The van der Waals surface area contributed by atoms with Crippen molar-refractivity contribution in [3.8, 4) is 11.3 Å². The number of aromatic nitrogens is 2. The van der Waals surface area contributed by atoms with Gasteiger partial charge in [-0.2, -0.15) is 5.10 Å². The maximum absolute atomic E-state index is 5.43. The predicted octanol–water partition coefficient (Wildman–Crippen LogP) is 2.72. The summed E-state index contributed by atoms with van der Waals surface area (Å²) in [6, 6.07) is 2.02. The van der Waals surface area contributed by atoms with Crippen LogP contribution in [0.25, 0.3) is 11.3 Å². The van der Waals surface area contributed by atoms with Gasteiger partial charge in [0.1, 0.15) is 5.76 Å². The number of furan rings is 1. The zero-order valence-corrected chi connectivity index (χ0v) is 8.84. The summed E-state index contributed by atoms with van der Waals surface area (Å²) in [4.78, 5) is 0. The zero-order chi connectivity index (χ0) is 10.3. The summed E-state index contributed by atoms with van der Waals surface area (Å²) in [5.41, 5.74) is 4.98. The fourth-order valence-corrected chi connectivity index (χ4v) is 2.33. The third kappa shape index (κ3) is 1.23. The van der Waals surface area contributed by atoms with Gasteiger partial charge >= 0.3 is 0 Å². The molecule has 0 bridgehead atoms. The SMILES string of the molecule is CCCc1[nH]nc2c1CCc1occc1-2. The second-order valence-electron chi connectivity index (χ2n) is 4.04. The van der Waals surface area contributed by atoms with Gasteiger partial charge in [-0.1, -0.05) is 13.3 Å². The molecule has 2 aromatic heterocycles. The van der Waals surface area contributed by atoms with Crippen LogP contribution in [-0.2, 0) is 19.3 Å². The van der Waals surface area contributed by atoms with Crippen molar-refractivity contribution >= 4 is 0 Å². The maximum atomic E-state index is 5.43. The average Bonchev–Trinajstić information content (AvgIpc) is 2.83. The van der Waals surface area contributed by atoms with E-state index < -0.39 is 0 Å². The molecule has 1 aliphatic rings. The third-order valence-electron chi connectivity index (χ3n) is 3.06. The highest BCUT2D eigenvalue weighted by Gasteiger charge is 2.23. The summed E-state index contributed by atoms with van der Waals surface area (Å²) in [6.07, 6.45) is 6.07. The Bertz CT molecular complexity index is 482. The summed E-state index contributed by atoms with van der Waals surface area (Å²) in [6.45, 7) is 2.19. The van der Waals surface area contributed by atoms with E-state index in [4.69, 9.17) is 4.42 Å². The van der Waals surface area contributed by atoms with Crippen molar-refractivity contribution in [3.05, 3.63) is 29.3 Å². The Balaban J connectivity index is 2.11. The molecule has 78 valence electrons. The minimum Gasteiger partial charge on any atom is -0.469 e. The van der Waals surface area contributed by atoms with Crippen molar-refractivity contribution in [3.63, 3.8) is 0 Å². The van der Waals surface area contributed by atoms with E-state index in [1.54, 1.807) is 6.26 Å². The number of hydrogen-bond donors (Lipinski definition) is 1.